The molecule has 0 aliphatic heterocycles. The summed E-state index contributed by atoms with van der Waals surface area (Å²) in [5.41, 5.74) is 6.37. The summed E-state index contributed by atoms with van der Waals surface area (Å²) in [6, 6.07) is 9.33. The molecule has 0 fully saturated rings. The zero-order valence-corrected chi connectivity index (χ0v) is 6.88. The summed E-state index contributed by atoms with van der Waals surface area (Å²) in [5.74, 6) is 0.326. The fraction of sp³-hybridized carbons (Fsp3) is 0. The topological polar surface area (TPSA) is 64.1 Å². The average molecular weight is 175 g/mol. The van der Waals surface area contributed by atoms with Crippen LogP contribution in [0.5, 0.6) is 5.88 Å². The van der Waals surface area contributed by atoms with Crippen LogP contribution in [0.3, 0.4) is 0 Å². The lowest BCUT2D eigenvalue weighted by Crippen LogP contribution is -1.99. The zero-order chi connectivity index (χ0) is 9.26. The highest BCUT2D eigenvalue weighted by Crippen LogP contribution is 2.20. The number of nitrogens with two attached hydrogens (primary N) is 1. The van der Waals surface area contributed by atoms with Crippen LogP contribution in [-0.4, -0.2) is 14.7 Å². The molecular weight excluding hydrogens is 166 g/mol. The number of aromatic hydroxyl groups is 1. The first-order valence-corrected chi connectivity index (χ1v) is 3.86. The van der Waals surface area contributed by atoms with Crippen molar-refractivity contribution < 1.29 is 5.11 Å². The summed E-state index contributed by atoms with van der Waals surface area (Å²) in [5, 5.41) is 9.41. The fourth-order valence-electron chi connectivity index (χ4n) is 1.20. The second kappa shape index (κ2) is 2.82. The molecule has 1 aromatic carbocycles. The minimum atomic E-state index is 0.0451. The van der Waals surface area contributed by atoms with E-state index in [0.717, 1.165) is 5.69 Å². The number of nitrogen functional groups attached to an aromatic ring is 1. The van der Waals surface area contributed by atoms with Crippen molar-refractivity contribution in [2.75, 3.05) is 5.73 Å². The summed E-state index contributed by atoms with van der Waals surface area (Å²) in [4.78, 5) is 3.78. The van der Waals surface area contributed by atoms with Crippen LogP contribution in [0, 0.1) is 0 Å². The molecule has 0 saturated carbocycles. The minimum Gasteiger partial charge on any atom is -0.493 e. The Morgan fingerprint density at radius 2 is 1.92 bits per heavy atom. The molecule has 13 heavy (non-hydrogen) atoms. The standard InChI is InChI=1S/C9H9N3O/c10-9-11-6-8(13)12(9)7-4-2-1-3-5-7/h1-6,13H,(H2,10,11). The lowest BCUT2D eigenvalue weighted by molar-refractivity contribution is 0.443. The lowest BCUT2D eigenvalue weighted by atomic mass is 10.3. The highest BCUT2D eigenvalue weighted by molar-refractivity contribution is 5.43. The first-order chi connectivity index (χ1) is 6.29. The third kappa shape index (κ3) is 1.22. The van der Waals surface area contributed by atoms with Gasteiger partial charge in [0.25, 0.3) is 0 Å². The van der Waals surface area contributed by atoms with Gasteiger partial charge in [-0.15, -0.1) is 0 Å². The van der Waals surface area contributed by atoms with Crippen molar-refractivity contribution in [2.45, 2.75) is 0 Å². The van der Waals surface area contributed by atoms with Gasteiger partial charge in [0.2, 0.25) is 11.8 Å². The van der Waals surface area contributed by atoms with Crippen molar-refractivity contribution in [1.82, 2.24) is 9.55 Å². The van der Waals surface area contributed by atoms with Crippen molar-refractivity contribution in [1.29, 1.82) is 0 Å². The number of anilines is 1. The van der Waals surface area contributed by atoms with Crippen molar-refractivity contribution in [3.63, 3.8) is 0 Å². The lowest BCUT2D eigenvalue weighted by Gasteiger charge is -2.04. The van der Waals surface area contributed by atoms with Gasteiger partial charge in [-0.1, -0.05) is 18.2 Å². The van der Waals surface area contributed by atoms with Gasteiger partial charge in [-0.3, -0.25) is 0 Å². The van der Waals surface area contributed by atoms with Gasteiger partial charge in [-0.05, 0) is 12.1 Å². The first-order valence-electron chi connectivity index (χ1n) is 3.86. The number of benzene rings is 1. The van der Waals surface area contributed by atoms with E-state index in [2.05, 4.69) is 4.98 Å². The average Bonchev–Trinajstić information content (AvgIpc) is 2.48. The summed E-state index contributed by atoms with van der Waals surface area (Å²) >= 11 is 0. The van der Waals surface area contributed by atoms with E-state index in [0.29, 0.717) is 0 Å². The predicted octanol–water partition coefficient (Wildman–Crippen LogP) is 1.16. The molecular formula is C9H9N3O. The normalized spacial score (nSPS) is 10.2. The van der Waals surface area contributed by atoms with Gasteiger partial charge >= 0.3 is 0 Å². The van der Waals surface area contributed by atoms with Crippen molar-refractivity contribution in [2.24, 2.45) is 0 Å². The summed E-state index contributed by atoms with van der Waals surface area (Å²) in [6.07, 6.45) is 1.32. The number of imidazole rings is 1. The van der Waals surface area contributed by atoms with Crippen LogP contribution < -0.4 is 5.73 Å². The van der Waals surface area contributed by atoms with Gasteiger partial charge < -0.3 is 10.8 Å². The molecule has 0 radical (unpaired) electrons. The number of hydrogen-bond acceptors (Lipinski definition) is 3. The van der Waals surface area contributed by atoms with Gasteiger partial charge in [0.15, 0.2) is 0 Å². The molecule has 0 atom stereocenters. The van der Waals surface area contributed by atoms with Crippen molar-refractivity contribution in [3.8, 4) is 11.6 Å². The summed E-state index contributed by atoms with van der Waals surface area (Å²) < 4.78 is 1.47. The van der Waals surface area contributed by atoms with E-state index in [4.69, 9.17) is 5.73 Å². The number of aromatic nitrogens is 2. The third-order valence-corrected chi connectivity index (χ3v) is 1.78. The minimum absolute atomic E-state index is 0.0451. The van der Waals surface area contributed by atoms with Gasteiger partial charge in [-0.25, -0.2) is 9.55 Å². The molecule has 0 bridgehead atoms. The quantitative estimate of drug-likeness (QED) is 0.683. The molecule has 1 heterocycles. The molecule has 0 unspecified atom stereocenters. The van der Waals surface area contributed by atoms with E-state index in [1.807, 2.05) is 30.3 Å². The second-order valence-corrected chi connectivity index (χ2v) is 2.65. The monoisotopic (exact) mass is 175 g/mol. The van der Waals surface area contributed by atoms with E-state index in [1.54, 1.807) is 0 Å². The van der Waals surface area contributed by atoms with Crippen LogP contribution in [0.15, 0.2) is 36.5 Å². The van der Waals surface area contributed by atoms with Crippen molar-refractivity contribution in [3.05, 3.63) is 36.5 Å². The molecule has 0 spiro atoms. The zero-order valence-electron chi connectivity index (χ0n) is 6.88. The maximum Gasteiger partial charge on any atom is 0.217 e. The SMILES string of the molecule is Nc1ncc(O)n1-c1ccccc1. The Bertz CT molecular complexity index is 389. The van der Waals surface area contributed by atoms with Gasteiger partial charge in [0.1, 0.15) is 0 Å². The van der Waals surface area contributed by atoms with Crippen LogP contribution in [0.25, 0.3) is 5.69 Å². The molecule has 4 heteroatoms. The number of hydrogen-bond donors (Lipinski definition) is 2. The number of rotatable bonds is 1. The Kier molecular flexibility index (Phi) is 1.66. The van der Waals surface area contributed by atoms with Crippen LogP contribution >= 0.6 is 0 Å². The van der Waals surface area contributed by atoms with Gasteiger partial charge in [0.05, 0.1) is 11.9 Å². The number of nitrogens with zero attached hydrogens (tertiary/aromatic N) is 2. The number of para-hydroxylation sites is 1. The Labute approximate surface area is 75.3 Å². The molecule has 1 aromatic heterocycles. The fourth-order valence-corrected chi connectivity index (χ4v) is 1.20. The smallest absolute Gasteiger partial charge is 0.217 e. The van der Waals surface area contributed by atoms with Gasteiger partial charge in [0, 0.05) is 0 Å². The Hall–Kier alpha value is -1.97. The van der Waals surface area contributed by atoms with E-state index in [1.165, 1.54) is 10.8 Å². The highest BCUT2D eigenvalue weighted by atomic mass is 16.3. The van der Waals surface area contributed by atoms with Crippen molar-refractivity contribution >= 4 is 5.95 Å². The molecule has 4 nitrogen and oxygen atoms in total. The maximum absolute atomic E-state index is 9.41. The Balaban J connectivity index is 2.59. The molecule has 0 aliphatic carbocycles. The van der Waals surface area contributed by atoms with E-state index >= 15 is 0 Å². The molecule has 3 N–H and O–H groups in total. The largest absolute Gasteiger partial charge is 0.493 e. The maximum atomic E-state index is 9.41. The molecule has 0 amide bonds. The van der Waals surface area contributed by atoms with E-state index in [9.17, 15) is 5.11 Å². The van der Waals surface area contributed by atoms with Crippen LogP contribution in [-0.2, 0) is 0 Å². The van der Waals surface area contributed by atoms with E-state index < -0.39 is 0 Å². The molecule has 66 valence electrons. The van der Waals surface area contributed by atoms with Gasteiger partial charge in [-0.2, -0.15) is 0 Å². The second-order valence-electron chi connectivity index (χ2n) is 2.65. The third-order valence-electron chi connectivity index (χ3n) is 1.78. The Morgan fingerprint density at radius 3 is 2.46 bits per heavy atom. The van der Waals surface area contributed by atoms with E-state index in [-0.39, 0.29) is 11.8 Å². The van der Waals surface area contributed by atoms with Crippen LogP contribution in [0.4, 0.5) is 5.95 Å². The molecule has 2 rings (SSSR count). The summed E-state index contributed by atoms with van der Waals surface area (Å²) in [7, 11) is 0. The molecule has 0 aliphatic rings. The first kappa shape index (κ1) is 7.67. The predicted molar refractivity (Wildman–Crippen MR) is 49.6 cm³/mol. The van der Waals surface area contributed by atoms with Crippen LogP contribution in [0.1, 0.15) is 0 Å². The van der Waals surface area contributed by atoms with Crippen LogP contribution in [0.2, 0.25) is 0 Å². The Morgan fingerprint density at radius 1 is 1.23 bits per heavy atom. The molecule has 0 saturated heterocycles. The molecule has 2 aromatic rings. The summed E-state index contributed by atoms with van der Waals surface area (Å²) in [6.45, 7) is 0. The highest BCUT2D eigenvalue weighted by Gasteiger charge is 2.06.